The van der Waals surface area contributed by atoms with Gasteiger partial charge in [0, 0.05) is 5.56 Å². The maximum Gasteiger partial charge on any atom is 0.209 e. The first-order chi connectivity index (χ1) is 5.70. The van der Waals surface area contributed by atoms with Crippen molar-refractivity contribution in [1.29, 1.82) is 0 Å². The molecule has 0 aromatic heterocycles. The summed E-state index contributed by atoms with van der Waals surface area (Å²) in [4.78, 5) is 10.4. The summed E-state index contributed by atoms with van der Waals surface area (Å²) in [5.74, 6) is 0.156. The van der Waals surface area contributed by atoms with E-state index < -0.39 is 0 Å². The Morgan fingerprint density at radius 1 is 1.42 bits per heavy atom. The number of thiol groups is 1. The van der Waals surface area contributed by atoms with Crippen LogP contribution >= 0.6 is 12.6 Å². The second kappa shape index (κ2) is 3.97. The summed E-state index contributed by atoms with van der Waals surface area (Å²) in [6.45, 7) is 0. The van der Waals surface area contributed by atoms with Gasteiger partial charge in [-0.15, -0.1) is 12.6 Å². The molecule has 0 amide bonds. The van der Waals surface area contributed by atoms with Crippen molar-refractivity contribution in [2.45, 2.75) is 0 Å². The summed E-state index contributed by atoms with van der Waals surface area (Å²) in [6, 6.07) is 6.77. The minimum absolute atomic E-state index is 0.156. The number of carbonyl (C=O) groups is 1. The van der Waals surface area contributed by atoms with Gasteiger partial charge in [-0.3, -0.25) is 4.79 Å². The van der Waals surface area contributed by atoms with Crippen LogP contribution in [-0.4, -0.2) is 10.2 Å². The van der Waals surface area contributed by atoms with Crippen molar-refractivity contribution in [3.8, 4) is 5.75 Å². The Hall–Kier alpha value is -1.22. The highest BCUT2D eigenvalue weighted by atomic mass is 32.1. The SMILES string of the molecule is O=C(S)C=Cc1ccccc1O. The Morgan fingerprint density at radius 3 is 2.67 bits per heavy atom. The van der Waals surface area contributed by atoms with Crippen LogP contribution in [0.25, 0.3) is 6.08 Å². The minimum atomic E-state index is -0.335. The molecule has 0 aliphatic heterocycles. The largest absolute Gasteiger partial charge is 0.507 e. The summed E-state index contributed by atoms with van der Waals surface area (Å²) < 4.78 is 0. The normalized spacial score (nSPS) is 10.4. The van der Waals surface area contributed by atoms with Crippen LogP contribution in [0.2, 0.25) is 0 Å². The quantitative estimate of drug-likeness (QED) is 0.538. The molecule has 0 spiro atoms. The van der Waals surface area contributed by atoms with Crippen molar-refractivity contribution in [3.05, 3.63) is 35.9 Å². The van der Waals surface area contributed by atoms with Gasteiger partial charge in [-0.05, 0) is 18.2 Å². The molecule has 3 heteroatoms. The van der Waals surface area contributed by atoms with E-state index in [1.165, 1.54) is 12.2 Å². The van der Waals surface area contributed by atoms with Crippen molar-refractivity contribution in [2.75, 3.05) is 0 Å². The summed E-state index contributed by atoms with van der Waals surface area (Å²) in [5.41, 5.74) is 0.611. The van der Waals surface area contributed by atoms with Gasteiger partial charge in [-0.1, -0.05) is 18.2 Å². The zero-order chi connectivity index (χ0) is 8.97. The van der Waals surface area contributed by atoms with Gasteiger partial charge in [0.25, 0.3) is 0 Å². The average molecular weight is 180 g/mol. The molecule has 0 atom stereocenters. The zero-order valence-electron chi connectivity index (χ0n) is 6.27. The van der Waals surface area contributed by atoms with E-state index >= 15 is 0 Å². The molecule has 0 aliphatic rings. The van der Waals surface area contributed by atoms with Gasteiger partial charge in [0.1, 0.15) is 5.75 Å². The number of hydrogen-bond acceptors (Lipinski definition) is 2. The van der Waals surface area contributed by atoms with E-state index in [1.54, 1.807) is 24.3 Å². The molecule has 1 aromatic rings. The molecule has 0 fully saturated rings. The fraction of sp³-hybridized carbons (Fsp3) is 0. The average Bonchev–Trinajstić information content (AvgIpc) is 2.03. The van der Waals surface area contributed by atoms with Crippen LogP contribution in [0.15, 0.2) is 30.3 Å². The molecular formula is C9H8O2S. The highest BCUT2D eigenvalue weighted by molar-refractivity contribution is 7.97. The number of benzene rings is 1. The third kappa shape index (κ3) is 2.43. The molecule has 1 N–H and O–H groups in total. The number of phenols is 1. The summed E-state index contributed by atoms with van der Waals surface area (Å²) >= 11 is 3.56. The molecule has 0 aliphatic carbocycles. The van der Waals surface area contributed by atoms with Gasteiger partial charge in [0.05, 0.1) is 0 Å². The second-order valence-electron chi connectivity index (χ2n) is 2.23. The molecule has 0 bridgehead atoms. The third-order valence-corrected chi connectivity index (χ3v) is 1.49. The first kappa shape index (κ1) is 8.87. The van der Waals surface area contributed by atoms with Crippen molar-refractivity contribution in [1.82, 2.24) is 0 Å². The molecule has 2 nitrogen and oxygen atoms in total. The lowest BCUT2D eigenvalue weighted by molar-refractivity contribution is -0.106. The maximum absolute atomic E-state index is 10.4. The number of carbonyl (C=O) groups excluding carboxylic acids is 1. The smallest absolute Gasteiger partial charge is 0.209 e. The van der Waals surface area contributed by atoms with Crippen LogP contribution in [0.3, 0.4) is 0 Å². The lowest BCUT2D eigenvalue weighted by Gasteiger charge is -1.95. The molecule has 0 unspecified atom stereocenters. The number of para-hydroxylation sites is 1. The zero-order valence-corrected chi connectivity index (χ0v) is 7.16. The molecule has 0 radical (unpaired) electrons. The Bertz CT molecular complexity index is 318. The van der Waals surface area contributed by atoms with E-state index in [-0.39, 0.29) is 10.9 Å². The number of rotatable bonds is 2. The van der Waals surface area contributed by atoms with E-state index in [0.29, 0.717) is 5.56 Å². The standard InChI is InChI=1S/C9H8O2S/c10-8-4-2-1-3-7(8)5-6-9(11)12/h1-6,10H,(H,11,12). The fourth-order valence-corrected chi connectivity index (χ4v) is 0.864. The Balaban J connectivity index is 2.89. The van der Waals surface area contributed by atoms with Gasteiger partial charge in [-0.2, -0.15) is 0 Å². The lowest BCUT2D eigenvalue weighted by atomic mass is 10.2. The van der Waals surface area contributed by atoms with Crippen molar-refractivity contribution >= 4 is 23.8 Å². The van der Waals surface area contributed by atoms with Crippen LogP contribution in [-0.2, 0) is 4.79 Å². The molecule has 62 valence electrons. The highest BCUT2D eigenvalue weighted by Crippen LogP contribution is 2.16. The lowest BCUT2D eigenvalue weighted by Crippen LogP contribution is -1.77. The Labute approximate surface area is 75.9 Å². The molecule has 12 heavy (non-hydrogen) atoms. The maximum atomic E-state index is 10.4. The van der Waals surface area contributed by atoms with Gasteiger partial charge in [0.2, 0.25) is 5.12 Å². The summed E-state index contributed by atoms with van der Waals surface area (Å²) in [7, 11) is 0. The molecule has 0 saturated heterocycles. The van der Waals surface area contributed by atoms with E-state index in [9.17, 15) is 9.90 Å². The third-order valence-electron chi connectivity index (χ3n) is 1.34. The van der Waals surface area contributed by atoms with Crippen LogP contribution in [0.1, 0.15) is 5.56 Å². The highest BCUT2D eigenvalue weighted by Gasteiger charge is 1.93. The van der Waals surface area contributed by atoms with Crippen LogP contribution in [0, 0.1) is 0 Å². The monoisotopic (exact) mass is 180 g/mol. The minimum Gasteiger partial charge on any atom is -0.507 e. The van der Waals surface area contributed by atoms with Crippen molar-refractivity contribution in [3.63, 3.8) is 0 Å². The van der Waals surface area contributed by atoms with Gasteiger partial charge >= 0.3 is 0 Å². The summed E-state index contributed by atoms with van der Waals surface area (Å²) in [5, 5.41) is 8.90. The van der Waals surface area contributed by atoms with E-state index in [4.69, 9.17) is 0 Å². The van der Waals surface area contributed by atoms with E-state index in [2.05, 4.69) is 12.6 Å². The molecule has 1 aromatic carbocycles. The Kier molecular flexibility index (Phi) is 2.94. The number of hydrogen-bond donors (Lipinski definition) is 2. The van der Waals surface area contributed by atoms with Crippen LogP contribution in [0.5, 0.6) is 5.75 Å². The van der Waals surface area contributed by atoms with Gasteiger partial charge in [0.15, 0.2) is 0 Å². The van der Waals surface area contributed by atoms with Gasteiger partial charge < -0.3 is 5.11 Å². The van der Waals surface area contributed by atoms with Crippen LogP contribution in [0.4, 0.5) is 0 Å². The van der Waals surface area contributed by atoms with Crippen molar-refractivity contribution < 1.29 is 9.90 Å². The predicted octanol–water partition coefficient (Wildman–Crippen LogP) is 1.86. The predicted molar refractivity (Wildman–Crippen MR) is 51.1 cm³/mol. The fourth-order valence-electron chi connectivity index (χ4n) is 0.790. The molecule has 1 rings (SSSR count). The molecule has 0 heterocycles. The van der Waals surface area contributed by atoms with Gasteiger partial charge in [-0.25, -0.2) is 0 Å². The van der Waals surface area contributed by atoms with E-state index in [1.807, 2.05) is 0 Å². The van der Waals surface area contributed by atoms with E-state index in [0.717, 1.165) is 0 Å². The molecular weight excluding hydrogens is 172 g/mol. The Morgan fingerprint density at radius 2 is 2.08 bits per heavy atom. The number of aromatic hydroxyl groups is 1. The molecule has 0 saturated carbocycles. The number of phenolic OH excluding ortho intramolecular Hbond substituents is 1. The first-order valence-electron chi connectivity index (χ1n) is 3.39. The first-order valence-corrected chi connectivity index (χ1v) is 3.84. The van der Waals surface area contributed by atoms with Crippen LogP contribution < -0.4 is 0 Å². The topological polar surface area (TPSA) is 37.3 Å². The summed E-state index contributed by atoms with van der Waals surface area (Å²) in [6.07, 6.45) is 2.81. The van der Waals surface area contributed by atoms with Crippen molar-refractivity contribution in [2.24, 2.45) is 0 Å². The second-order valence-corrected chi connectivity index (χ2v) is 2.67.